The van der Waals surface area contributed by atoms with Crippen molar-refractivity contribution in [2.75, 3.05) is 7.11 Å². The van der Waals surface area contributed by atoms with E-state index in [1.165, 1.54) is 7.11 Å². The Balaban J connectivity index is 3.12. The van der Waals surface area contributed by atoms with Gasteiger partial charge in [0, 0.05) is 12.5 Å². The van der Waals surface area contributed by atoms with Crippen LogP contribution >= 0.6 is 0 Å². The summed E-state index contributed by atoms with van der Waals surface area (Å²) in [4.78, 5) is 11.3. The third-order valence-corrected chi connectivity index (χ3v) is 2.04. The number of aryl methyl sites for hydroxylation is 1. The molecule has 4 heteroatoms. The van der Waals surface area contributed by atoms with Gasteiger partial charge in [0.25, 0.3) is 0 Å². The van der Waals surface area contributed by atoms with Crippen molar-refractivity contribution >= 4 is 5.97 Å². The van der Waals surface area contributed by atoms with Crippen molar-refractivity contribution in [3.05, 3.63) is 17.5 Å². The first-order valence-electron chi connectivity index (χ1n) is 4.49. The molecule has 0 aliphatic carbocycles. The topological polar surface area (TPSA) is 44.1 Å². The number of aromatic nitrogens is 2. The first-order chi connectivity index (χ1) is 6.36. The third-order valence-electron chi connectivity index (χ3n) is 2.04. The van der Waals surface area contributed by atoms with Crippen molar-refractivity contribution in [2.24, 2.45) is 7.05 Å². The Morgan fingerprint density at radius 1 is 1.50 bits per heavy atom. The van der Waals surface area contributed by atoms with Gasteiger partial charge in [0.1, 0.15) is 5.69 Å². The van der Waals surface area contributed by atoms with Gasteiger partial charge in [-0.2, -0.15) is 5.10 Å². The first-order valence-corrected chi connectivity index (χ1v) is 4.49. The number of rotatable bonds is 1. The SMILES string of the molecule is COC(=O)c1cc(C(C)(C)C)nn1C. The second-order valence-corrected chi connectivity index (χ2v) is 4.28. The summed E-state index contributed by atoms with van der Waals surface area (Å²) >= 11 is 0. The largest absolute Gasteiger partial charge is 0.464 e. The molecule has 1 aromatic rings. The van der Waals surface area contributed by atoms with E-state index in [0.29, 0.717) is 5.69 Å². The minimum Gasteiger partial charge on any atom is -0.464 e. The van der Waals surface area contributed by atoms with Crippen molar-refractivity contribution < 1.29 is 9.53 Å². The molecule has 0 aliphatic heterocycles. The number of hydrogen-bond donors (Lipinski definition) is 0. The van der Waals surface area contributed by atoms with Crippen LogP contribution in [0.3, 0.4) is 0 Å². The Morgan fingerprint density at radius 3 is 2.43 bits per heavy atom. The van der Waals surface area contributed by atoms with Gasteiger partial charge in [-0.05, 0) is 6.07 Å². The second kappa shape index (κ2) is 3.44. The van der Waals surface area contributed by atoms with Gasteiger partial charge in [0.05, 0.1) is 12.8 Å². The van der Waals surface area contributed by atoms with Crippen LogP contribution in [0.1, 0.15) is 37.0 Å². The lowest BCUT2D eigenvalue weighted by molar-refractivity contribution is 0.0588. The zero-order chi connectivity index (χ0) is 10.9. The van der Waals surface area contributed by atoms with E-state index in [9.17, 15) is 4.79 Å². The molecule has 1 aromatic heterocycles. The smallest absolute Gasteiger partial charge is 0.356 e. The second-order valence-electron chi connectivity index (χ2n) is 4.28. The quantitative estimate of drug-likeness (QED) is 0.639. The Kier molecular flexibility index (Phi) is 2.64. The van der Waals surface area contributed by atoms with Crippen LogP contribution in [-0.2, 0) is 17.2 Å². The van der Waals surface area contributed by atoms with Crippen LogP contribution < -0.4 is 0 Å². The van der Waals surface area contributed by atoms with Gasteiger partial charge < -0.3 is 4.74 Å². The highest BCUT2D eigenvalue weighted by Gasteiger charge is 2.21. The molecular weight excluding hydrogens is 180 g/mol. The molecule has 4 nitrogen and oxygen atoms in total. The van der Waals surface area contributed by atoms with E-state index in [2.05, 4.69) is 30.6 Å². The summed E-state index contributed by atoms with van der Waals surface area (Å²) in [6.45, 7) is 6.16. The zero-order valence-corrected chi connectivity index (χ0v) is 9.29. The minimum absolute atomic E-state index is 0.0516. The highest BCUT2D eigenvalue weighted by Crippen LogP contribution is 2.21. The molecule has 0 aromatic carbocycles. The van der Waals surface area contributed by atoms with E-state index in [1.54, 1.807) is 17.8 Å². The summed E-state index contributed by atoms with van der Waals surface area (Å²) in [5.74, 6) is -0.351. The van der Waals surface area contributed by atoms with E-state index >= 15 is 0 Å². The summed E-state index contributed by atoms with van der Waals surface area (Å²) in [6.07, 6.45) is 0. The lowest BCUT2D eigenvalue weighted by Gasteiger charge is -2.13. The fraction of sp³-hybridized carbons (Fsp3) is 0.600. The highest BCUT2D eigenvalue weighted by atomic mass is 16.5. The van der Waals surface area contributed by atoms with E-state index < -0.39 is 0 Å². The number of hydrogen-bond acceptors (Lipinski definition) is 3. The summed E-state index contributed by atoms with van der Waals surface area (Å²) in [5, 5.41) is 4.27. The molecule has 0 N–H and O–H groups in total. The molecular formula is C10H16N2O2. The Morgan fingerprint density at radius 2 is 2.07 bits per heavy atom. The van der Waals surface area contributed by atoms with E-state index in [4.69, 9.17) is 0 Å². The number of nitrogens with zero attached hydrogens (tertiary/aromatic N) is 2. The van der Waals surface area contributed by atoms with Crippen molar-refractivity contribution in [3.63, 3.8) is 0 Å². The molecule has 0 aliphatic rings. The molecule has 1 heterocycles. The third kappa shape index (κ3) is 1.95. The van der Waals surface area contributed by atoms with Crippen LogP contribution in [0.15, 0.2) is 6.07 Å². The normalized spacial score (nSPS) is 11.5. The highest BCUT2D eigenvalue weighted by molar-refractivity contribution is 5.87. The fourth-order valence-electron chi connectivity index (χ4n) is 1.13. The molecule has 0 saturated carbocycles. The zero-order valence-electron chi connectivity index (χ0n) is 9.29. The van der Waals surface area contributed by atoms with Crippen LogP contribution in [0, 0.1) is 0 Å². The lowest BCUT2D eigenvalue weighted by atomic mass is 9.92. The average molecular weight is 196 g/mol. The number of methoxy groups -OCH3 is 1. The molecule has 14 heavy (non-hydrogen) atoms. The van der Waals surface area contributed by atoms with Crippen LogP contribution in [0.5, 0.6) is 0 Å². The number of esters is 1. The summed E-state index contributed by atoms with van der Waals surface area (Å²) in [7, 11) is 3.10. The Bertz CT molecular complexity index is 347. The van der Waals surface area contributed by atoms with Gasteiger partial charge in [-0.25, -0.2) is 4.79 Å². The maximum Gasteiger partial charge on any atom is 0.356 e. The summed E-state index contributed by atoms with van der Waals surface area (Å²) in [6, 6.07) is 1.77. The number of carbonyl (C=O) groups excluding carboxylic acids is 1. The van der Waals surface area contributed by atoms with Crippen molar-refractivity contribution in [3.8, 4) is 0 Å². The molecule has 0 radical (unpaired) electrons. The number of ether oxygens (including phenoxy) is 1. The van der Waals surface area contributed by atoms with E-state index in [-0.39, 0.29) is 11.4 Å². The predicted octanol–water partition coefficient (Wildman–Crippen LogP) is 1.50. The molecule has 0 unspecified atom stereocenters. The van der Waals surface area contributed by atoms with Gasteiger partial charge in [-0.15, -0.1) is 0 Å². The van der Waals surface area contributed by atoms with Gasteiger partial charge in [0.2, 0.25) is 0 Å². The maximum atomic E-state index is 11.3. The van der Waals surface area contributed by atoms with Gasteiger partial charge >= 0.3 is 5.97 Å². The van der Waals surface area contributed by atoms with E-state index in [1.807, 2.05) is 0 Å². The van der Waals surface area contributed by atoms with Gasteiger partial charge in [-0.3, -0.25) is 4.68 Å². The summed E-state index contributed by atoms with van der Waals surface area (Å²) in [5.41, 5.74) is 1.32. The molecule has 0 atom stereocenters. The average Bonchev–Trinajstić information content (AvgIpc) is 2.45. The molecule has 78 valence electrons. The molecule has 0 spiro atoms. The van der Waals surface area contributed by atoms with E-state index in [0.717, 1.165) is 5.69 Å². The van der Waals surface area contributed by atoms with Crippen LogP contribution in [0.4, 0.5) is 0 Å². The molecule has 0 fully saturated rings. The summed E-state index contributed by atoms with van der Waals surface area (Å²) < 4.78 is 6.19. The lowest BCUT2D eigenvalue weighted by Crippen LogP contribution is -2.12. The monoisotopic (exact) mass is 196 g/mol. The molecule has 0 amide bonds. The van der Waals surface area contributed by atoms with Gasteiger partial charge in [0.15, 0.2) is 0 Å². The van der Waals surface area contributed by atoms with Crippen molar-refractivity contribution in [1.29, 1.82) is 0 Å². The first kappa shape index (κ1) is 10.8. The van der Waals surface area contributed by atoms with Crippen LogP contribution in [0.25, 0.3) is 0 Å². The predicted molar refractivity (Wildman–Crippen MR) is 53.2 cm³/mol. The Hall–Kier alpha value is -1.32. The molecule has 0 bridgehead atoms. The Labute approximate surface area is 83.9 Å². The number of carbonyl (C=O) groups is 1. The standard InChI is InChI=1S/C10H16N2O2/c1-10(2,3)8-6-7(9(13)14-5)12(4)11-8/h6H,1-5H3. The maximum absolute atomic E-state index is 11.3. The minimum atomic E-state index is -0.351. The van der Waals surface area contributed by atoms with Crippen molar-refractivity contribution in [1.82, 2.24) is 9.78 Å². The van der Waals surface area contributed by atoms with Crippen LogP contribution in [0.2, 0.25) is 0 Å². The fourth-order valence-corrected chi connectivity index (χ4v) is 1.13. The molecule has 0 saturated heterocycles. The molecule has 1 rings (SSSR count). The van der Waals surface area contributed by atoms with Crippen molar-refractivity contribution in [2.45, 2.75) is 26.2 Å². The van der Waals surface area contributed by atoms with Crippen LogP contribution in [-0.4, -0.2) is 22.9 Å². The van der Waals surface area contributed by atoms with Gasteiger partial charge in [-0.1, -0.05) is 20.8 Å².